The summed E-state index contributed by atoms with van der Waals surface area (Å²) in [7, 11) is 0. The van der Waals surface area contributed by atoms with Crippen LogP contribution in [-0.2, 0) is 6.42 Å². The molecule has 2 aromatic rings. The van der Waals surface area contributed by atoms with Gasteiger partial charge in [0, 0.05) is 19.0 Å². The number of aliphatic hydroxyl groups excluding tert-OH is 1. The fraction of sp³-hybridized carbons (Fsp3) is 0.214. The van der Waals surface area contributed by atoms with Gasteiger partial charge in [-0.15, -0.1) is 0 Å². The van der Waals surface area contributed by atoms with Crippen molar-refractivity contribution in [3.8, 4) is 0 Å². The minimum atomic E-state index is -0.547. The van der Waals surface area contributed by atoms with Crippen LogP contribution in [0.4, 0.5) is 11.5 Å². The van der Waals surface area contributed by atoms with Gasteiger partial charge in [-0.25, -0.2) is 4.98 Å². The summed E-state index contributed by atoms with van der Waals surface area (Å²) in [6, 6.07) is 12.6. The van der Waals surface area contributed by atoms with Gasteiger partial charge < -0.3 is 10.4 Å². The Balaban J connectivity index is 1.84. The van der Waals surface area contributed by atoms with E-state index in [1.54, 1.807) is 0 Å². The molecule has 0 amide bonds. The molecule has 1 heterocycles. The Bertz CT molecular complexity index is 558. The molecule has 2 rings (SSSR count). The number of hydrogen-bond donors (Lipinski definition) is 2. The molecule has 104 valence electrons. The molecule has 0 aliphatic heterocycles. The number of nitrogens with zero attached hydrogens (tertiary/aromatic N) is 2. The van der Waals surface area contributed by atoms with Crippen molar-refractivity contribution in [3.05, 3.63) is 64.3 Å². The number of pyridine rings is 1. The Hall–Kier alpha value is -2.47. The molecule has 1 atom stereocenters. The zero-order valence-corrected chi connectivity index (χ0v) is 10.8. The van der Waals surface area contributed by atoms with Crippen LogP contribution in [-0.4, -0.2) is 27.7 Å². The molecular formula is C14H15N3O3. The highest BCUT2D eigenvalue weighted by atomic mass is 16.6. The van der Waals surface area contributed by atoms with Crippen LogP contribution in [0.2, 0.25) is 0 Å². The lowest BCUT2D eigenvalue weighted by Crippen LogP contribution is -2.22. The fourth-order valence-electron chi connectivity index (χ4n) is 1.78. The van der Waals surface area contributed by atoms with Gasteiger partial charge in [0.05, 0.1) is 11.0 Å². The average molecular weight is 273 g/mol. The third kappa shape index (κ3) is 4.03. The summed E-state index contributed by atoms with van der Waals surface area (Å²) in [4.78, 5) is 13.9. The predicted octanol–water partition coefficient (Wildman–Crippen LogP) is 2.01. The fourth-order valence-corrected chi connectivity index (χ4v) is 1.78. The maximum absolute atomic E-state index is 10.5. The number of nitrogens with one attached hydrogen (secondary N) is 1. The van der Waals surface area contributed by atoms with Gasteiger partial charge in [-0.3, -0.25) is 10.1 Å². The van der Waals surface area contributed by atoms with Gasteiger partial charge in [0.2, 0.25) is 0 Å². The first-order valence-corrected chi connectivity index (χ1v) is 6.21. The monoisotopic (exact) mass is 273 g/mol. The second kappa shape index (κ2) is 6.63. The summed E-state index contributed by atoms with van der Waals surface area (Å²) >= 11 is 0. The molecule has 0 radical (unpaired) electrons. The number of aliphatic hydroxyl groups is 1. The molecule has 0 saturated carbocycles. The molecule has 20 heavy (non-hydrogen) atoms. The molecule has 0 aliphatic rings. The third-order valence-electron chi connectivity index (χ3n) is 2.79. The second-order valence-corrected chi connectivity index (χ2v) is 4.38. The van der Waals surface area contributed by atoms with Crippen molar-refractivity contribution in [2.45, 2.75) is 12.5 Å². The molecule has 1 aromatic heterocycles. The Morgan fingerprint density at radius 3 is 2.60 bits per heavy atom. The normalized spacial score (nSPS) is 11.8. The Kier molecular flexibility index (Phi) is 4.62. The van der Waals surface area contributed by atoms with Crippen LogP contribution < -0.4 is 5.32 Å². The van der Waals surface area contributed by atoms with Crippen molar-refractivity contribution in [3.63, 3.8) is 0 Å². The van der Waals surface area contributed by atoms with Crippen LogP contribution in [0.5, 0.6) is 0 Å². The minimum absolute atomic E-state index is 0.0552. The highest BCUT2D eigenvalue weighted by Gasteiger charge is 2.08. The molecule has 0 fully saturated rings. The van der Waals surface area contributed by atoms with Crippen molar-refractivity contribution < 1.29 is 10.0 Å². The lowest BCUT2D eigenvalue weighted by Gasteiger charge is -2.12. The van der Waals surface area contributed by atoms with E-state index in [9.17, 15) is 15.2 Å². The van der Waals surface area contributed by atoms with Gasteiger partial charge in [-0.05, 0) is 11.6 Å². The second-order valence-electron chi connectivity index (χ2n) is 4.38. The van der Waals surface area contributed by atoms with E-state index >= 15 is 0 Å². The van der Waals surface area contributed by atoms with E-state index in [1.165, 1.54) is 18.3 Å². The van der Waals surface area contributed by atoms with Crippen LogP contribution in [0.25, 0.3) is 0 Å². The summed E-state index contributed by atoms with van der Waals surface area (Å²) in [6.07, 6.45) is 1.18. The molecule has 6 nitrogen and oxygen atoms in total. The Morgan fingerprint density at radius 2 is 2.00 bits per heavy atom. The van der Waals surface area contributed by atoms with E-state index in [1.807, 2.05) is 30.3 Å². The average Bonchev–Trinajstić information content (AvgIpc) is 2.46. The highest BCUT2D eigenvalue weighted by molar-refractivity contribution is 5.40. The molecule has 0 spiro atoms. The van der Waals surface area contributed by atoms with Gasteiger partial charge in [0.25, 0.3) is 5.69 Å². The Morgan fingerprint density at radius 1 is 1.25 bits per heavy atom. The Labute approximate surface area is 116 Å². The van der Waals surface area contributed by atoms with Crippen molar-refractivity contribution >= 4 is 11.5 Å². The van der Waals surface area contributed by atoms with Crippen molar-refractivity contribution in [1.82, 2.24) is 4.98 Å². The van der Waals surface area contributed by atoms with Gasteiger partial charge in [-0.1, -0.05) is 30.3 Å². The standard InChI is InChI=1S/C14H15N3O3/c18-13(8-11-4-2-1-3-5-11)10-16-14-7-6-12(9-15-14)17(19)20/h1-7,9,13,18H,8,10H2,(H,15,16). The van der Waals surface area contributed by atoms with E-state index in [0.717, 1.165) is 5.56 Å². The molecule has 6 heteroatoms. The number of benzene rings is 1. The van der Waals surface area contributed by atoms with Crippen molar-refractivity contribution in [1.29, 1.82) is 0 Å². The van der Waals surface area contributed by atoms with Crippen LogP contribution >= 0.6 is 0 Å². The predicted molar refractivity (Wildman–Crippen MR) is 75.5 cm³/mol. The molecular weight excluding hydrogens is 258 g/mol. The van der Waals surface area contributed by atoms with E-state index in [0.29, 0.717) is 18.8 Å². The van der Waals surface area contributed by atoms with E-state index < -0.39 is 11.0 Å². The smallest absolute Gasteiger partial charge is 0.287 e. The lowest BCUT2D eigenvalue weighted by molar-refractivity contribution is -0.385. The SMILES string of the molecule is O=[N+]([O-])c1ccc(NCC(O)Cc2ccccc2)nc1. The number of nitro groups is 1. The van der Waals surface area contributed by atoms with Crippen LogP contribution in [0.3, 0.4) is 0 Å². The number of anilines is 1. The van der Waals surface area contributed by atoms with E-state index in [-0.39, 0.29) is 5.69 Å². The molecule has 0 bridgehead atoms. The van der Waals surface area contributed by atoms with Crippen molar-refractivity contribution in [2.75, 3.05) is 11.9 Å². The topological polar surface area (TPSA) is 88.3 Å². The largest absolute Gasteiger partial charge is 0.391 e. The number of hydrogen-bond acceptors (Lipinski definition) is 5. The van der Waals surface area contributed by atoms with Gasteiger partial charge in [0.15, 0.2) is 0 Å². The molecule has 0 aliphatic carbocycles. The van der Waals surface area contributed by atoms with Gasteiger partial charge in [0.1, 0.15) is 12.0 Å². The molecule has 1 aromatic carbocycles. The lowest BCUT2D eigenvalue weighted by atomic mass is 10.1. The molecule has 2 N–H and O–H groups in total. The van der Waals surface area contributed by atoms with Crippen LogP contribution in [0, 0.1) is 10.1 Å². The van der Waals surface area contributed by atoms with E-state index in [4.69, 9.17) is 0 Å². The first-order chi connectivity index (χ1) is 9.65. The maximum atomic E-state index is 10.5. The van der Waals surface area contributed by atoms with Crippen LogP contribution in [0.15, 0.2) is 48.7 Å². The first-order valence-electron chi connectivity index (χ1n) is 6.21. The zero-order valence-electron chi connectivity index (χ0n) is 10.8. The number of rotatable bonds is 6. The number of aromatic nitrogens is 1. The quantitative estimate of drug-likeness (QED) is 0.621. The maximum Gasteiger partial charge on any atom is 0.287 e. The van der Waals surface area contributed by atoms with Crippen molar-refractivity contribution in [2.24, 2.45) is 0 Å². The molecule has 1 unspecified atom stereocenters. The summed E-state index contributed by atoms with van der Waals surface area (Å²) in [6.45, 7) is 0.333. The summed E-state index contributed by atoms with van der Waals surface area (Å²) in [5.41, 5.74) is 0.999. The molecule has 0 saturated heterocycles. The third-order valence-corrected chi connectivity index (χ3v) is 2.79. The van der Waals surface area contributed by atoms with Gasteiger partial charge in [-0.2, -0.15) is 0 Å². The van der Waals surface area contributed by atoms with E-state index in [2.05, 4.69) is 10.3 Å². The summed E-state index contributed by atoms with van der Waals surface area (Å²) < 4.78 is 0. The van der Waals surface area contributed by atoms with Crippen LogP contribution in [0.1, 0.15) is 5.56 Å². The summed E-state index contributed by atoms with van der Waals surface area (Å²) in [5.74, 6) is 0.503. The zero-order chi connectivity index (χ0) is 14.4. The van der Waals surface area contributed by atoms with Gasteiger partial charge >= 0.3 is 0 Å². The first kappa shape index (κ1) is 14.0. The minimum Gasteiger partial charge on any atom is -0.391 e. The summed E-state index contributed by atoms with van der Waals surface area (Å²) in [5, 5.41) is 23.3. The highest BCUT2D eigenvalue weighted by Crippen LogP contribution is 2.12.